The minimum atomic E-state index is 0.995. The lowest BCUT2D eigenvalue weighted by atomic mass is 9.68. The van der Waals surface area contributed by atoms with Gasteiger partial charge in [0.15, 0.2) is 7.28 Å². The van der Waals surface area contributed by atoms with Crippen LogP contribution in [0.3, 0.4) is 0 Å². The molecule has 0 saturated heterocycles. The van der Waals surface area contributed by atoms with Gasteiger partial charge < -0.3 is 4.90 Å². The van der Waals surface area contributed by atoms with Crippen LogP contribution in [0.5, 0.6) is 0 Å². The van der Waals surface area contributed by atoms with Crippen molar-refractivity contribution < 1.29 is 0 Å². The van der Waals surface area contributed by atoms with E-state index >= 15 is 0 Å². The van der Waals surface area contributed by atoms with E-state index in [9.17, 15) is 0 Å². The summed E-state index contributed by atoms with van der Waals surface area (Å²) in [5, 5.41) is 0. The van der Waals surface area contributed by atoms with Crippen LogP contribution in [-0.4, -0.2) is 7.28 Å². The Morgan fingerprint density at radius 1 is 0.295 bits per heavy atom. The van der Waals surface area contributed by atoms with Crippen LogP contribution in [-0.2, 0) is 0 Å². The van der Waals surface area contributed by atoms with Crippen molar-refractivity contribution in [3.05, 3.63) is 176 Å². The molecular formula is C42H30BN. The summed E-state index contributed by atoms with van der Waals surface area (Å²) in [7, 11) is 0.995. The van der Waals surface area contributed by atoms with Crippen LogP contribution in [0.1, 0.15) is 0 Å². The third-order valence-corrected chi connectivity index (χ3v) is 8.72. The Kier molecular flexibility index (Phi) is 6.66. The molecular weight excluding hydrogens is 529 g/mol. The summed E-state index contributed by atoms with van der Waals surface area (Å²) in [5.41, 5.74) is 16.2. The topological polar surface area (TPSA) is 3.24 Å². The van der Waals surface area contributed by atoms with Crippen molar-refractivity contribution in [2.45, 2.75) is 0 Å². The zero-order chi connectivity index (χ0) is 29.3. The molecule has 0 aromatic heterocycles. The number of nitrogens with zero attached hydrogens (tertiary/aromatic N) is 1. The van der Waals surface area contributed by atoms with Gasteiger partial charge >= 0.3 is 0 Å². The fourth-order valence-electron chi connectivity index (χ4n) is 6.42. The van der Waals surface area contributed by atoms with Crippen LogP contribution in [0.25, 0.3) is 44.5 Å². The Balaban J connectivity index is 1.17. The smallest absolute Gasteiger partial charge is 0.193 e. The third-order valence-electron chi connectivity index (χ3n) is 8.72. The van der Waals surface area contributed by atoms with Crippen LogP contribution < -0.4 is 15.8 Å². The molecule has 1 aliphatic heterocycles. The molecule has 0 bridgehead atoms. The monoisotopic (exact) mass is 559 g/mol. The first-order valence-electron chi connectivity index (χ1n) is 15.2. The second-order valence-corrected chi connectivity index (χ2v) is 11.4. The minimum absolute atomic E-state index is 0.995. The normalized spacial score (nSPS) is 11.4. The average molecular weight is 560 g/mol. The molecule has 7 aromatic carbocycles. The van der Waals surface area contributed by atoms with Gasteiger partial charge in [-0.25, -0.2) is 0 Å². The highest BCUT2D eigenvalue weighted by atomic mass is 15.1. The number of benzene rings is 7. The quantitative estimate of drug-likeness (QED) is 0.183. The van der Waals surface area contributed by atoms with Gasteiger partial charge in [0.25, 0.3) is 0 Å². The highest BCUT2D eigenvalue weighted by molar-refractivity contribution is 6.73. The molecule has 0 unspecified atom stereocenters. The summed E-state index contributed by atoms with van der Waals surface area (Å²) in [6.45, 7) is 0. The van der Waals surface area contributed by atoms with Crippen LogP contribution in [0, 0.1) is 0 Å². The molecule has 1 aliphatic rings. The Labute approximate surface area is 260 Å². The summed E-state index contributed by atoms with van der Waals surface area (Å²) in [6.07, 6.45) is 0. The van der Waals surface area contributed by atoms with Crippen molar-refractivity contribution >= 4 is 35.3 Å². The van der Waals surface area contributed by atoms with Crippen molar-refractivity contribution in [1.29, 1.82) is 0 Å². The largest absolute Gasteiger partial charge is 0.310 e. The van der Waals surface area contributed by atoms with E-state index < -0.39 is 0 Å². The lowest BCUT2D eigenvalue weighted by molar-refractivity contribution is 1.29. The van der Waals surface area contributed by atoms with Gasteiger partial charge in [0.1, 0.15) is 0 Å². The lowest BCUT2D eigenvalue weighted by Gasteiger charge is -2.26. The lowest BCUT2D eigenvalue weighted by Crippen LogP contribution is -2.20. The molecule has 0 fully saturated rings. The molecule has 8 rings (SSSR count). The number of hydrogen-bond donors (Lipinski definition) is 0. The second kappa shape index (κ2) is 11.2. The maximum atomic E-state index is 2.37. The fraction of sp³-hybridized carbons (Fsp3) is 0. The maximum absolute atomic E-state index is 2.37. The van der Waals surface area contributed by atoms with E-state index in [1.807, 2.05) is 0 Å². The zero-order valence-corrected chi connectivity index (χ0v) is 24.4. The van der Waals surface area contributed by atoms with Crippen LogP contribution in [0.4, 0.5) is 17.1 Å². The molecule has 44 heavy (non-hydrogen) atoms. The van der Waals surface area contributed by atoms with Crippen LogP contribution >= 0.6 is 0 Å². The van der Waals surface area contributed by atoms with E-state index in [1.165, 1.54) is 55.4 Å². The third kappa shape index (κ3) is 4.91. The predicted molar refractivity (Wildman–Crippen MR) is 189 cm³/mol. The molecule has 0 amide bonds. The summed E-state index contributed by atoms with van der Waals surface area (Å²) in [6, 6.07) is 63.6. The minimum Gasteiger partial charge on any atom is -0.310 e. The van der Waals surface area contributed by atoms with Crippen LogP contribution in [0.15, 0.2) is 176 Å². The first kappa shape index (κ1) is 26.1. The van der Waals surface area contributed by atoms with E-state index in [1.54, 1.807) is 0 Å². The SMILES string of the molecule is B1c2ccccc2-c2cc(N(c3ccc(-c4ccccc4)cc3)c3ccc(-c4ccc(-c5ccccc5)cc4)cc3)ccc21. The summed E-state index contributed by atoms with van der Waals surface area (Å²) >= 11 is 0. The number of rotatable bonds is 6. The summed E-state index contributed by atoms with van der Waals surface area (Å²) in [4.78, 5) is 2.37. The average Bonchev–Trinajstić information content (AvgIpc) is 3.48. The molecule has 0 radical (unpaired) electrons. The summed E-state index contributed by atoms with van der Waals surface area (Å²) in [5.74, 6) is 0. The van der Waals surface area contributed by atoms with Gasteiger partial charge in [-0.2, -0.15) is 0 Å². The number of anilines is 3. The van der Waals surface area contributed by atoms with Gasteiger partial charge in [-0.05, 0) is 80.9 Å². The van der Waals surface area contributed by atoms with Gasteiger partial charge in [0.05, 0.1) is 0 Å². The standard InChI is InChI=1S/C42H30BN/c1-3-9-30(10-4-1)32-15-17-33(18-16-32)35-21-25-37(26-22-35)44(36-23-19-34(20-24-36)31-11-5-2-6-12-31)38-27-28-42-40(29-38)39-13-7-8-14-41(39)43-42/h1-29,43H. The highest BCUT2D eigenvalue weighted by Crippen LogP contribution is 2.38. The molecule has 0 aliphatic carbocycles. The second-order valence-electron chi connectivity index (χ2n) is 11.4. The predicted octanol–water partition coefficient (Wildman–Crippen LogP) is 9.53. The molecule has 0 N–H and O–H groups in total. The van der Waals surface area contributed by atoms with Gasteiger partial charge in [0, 0.05) is 17.1 Å². The molecule has 0 atom stereocenters. The van der Waals surface area contributed by atoms with Gasteiger partial charge in [-0.1, -0.05) is 150 Å². The Bertz CT molecular complexity index is 2050. The van der Waals surface area contributed by atoms with Crippen LogP contribution in [0.2, 0.25) is 0 Å². The van der Waals surface area contributed by atoms with Crippen molar-refractivity contribution in [1.82, 2.24) is 0 Å². The first-order valence-corrected chi connectivity index (χ1v) is 15.2. The first-order chi connectivity index (χ1) is 21.8. The molecule has 1 nitrogen and oxygen atoms in total. The van der Waals surface area contributed by atoms with E-state index in [2.05, 4.69) is 181 Å². The number of hydrogen-bond acceptors (Lipinski definition) is 1. The van der Waals surface area contributed by atoms with Crippen molar-refractivity contribution in [3.63, 3.8) is 0 Å². The summed E-state index contributed by atoms with van der Waals surface area (Å²) < 4.78 is 0. The van der Waals surface area contributed by atoms with E-state index in [-0.39, 0.29) is 0 Å². The van der Waals surface area contributed by atoms with Gasteiger partial charge in [-0.15, -0.1) is 0 Å². The van der Waals surface area contributed by atoms with Gasteiger partial charge in [0.2, 0.25) is 0 Å². The molecule has 2 heteroatoms. The van der Waals surface area contributed by atoms with E-state index in [4.69, 9.17) is 0 Å². The van der Waals surface area contributed by atoms with E-state index in [0.29, 0.717) is 0 Å². The van der Waals surface area contributed by atoms with Crippen molar-refractivity contribution in [2.24, 2.45) is 0 Å². The number of fused-ring (bicyclic) bond motifs is 3. The molecule has 206 valence electrons. The molecule has 0 saturated carbocycles. The van der Waals surface area contributed by atoms with Gasteiger partial charge in [-0.3, -0.25) is 0 Å². The zero-order valence-electron chi connectivity index (χ0n) is 24.4. The Morgan fingerprint density at radius 3 is 1.20 bits per heavy atom. The van der Waals surface area contributed by atoms with E-state index in [0.717, 1.165) is 24.3 Å². The highest BCUT2D eigenvalue weighted by Gasteiger charge is 2.21. The fourth-order valence-corrected chi connectivity index (χ4v) is 6.42. The molecule has 0 spiro atoms. The Morgan fingerprint density at radius 2 is 0.682 bits per heavy atom. The van der Waals surface area contributed by atoms with Crippen molar-refractivity contribution in [3.8, 4) is 44.5 Å². The Hall–Kier alpha value is -5.60. The molecule has 1 heterocycles. The maximum Gasteiger partial charge on any atom is 0.193 e. The molecule has 7 aromatic rings. The van der Waals surface area contributed by atoms with Crippen molar-refractivity contribution in [2.75, 3.05) is 4.90 Å².